The predicted molar refractivity (Wildman–Crippen MR) is 68.6 cm³/mol. The van der Waals surface area contributed by atoms with E-state index in [9.17, 15) is 13.2 Å². The summed E-state index contributed by atoms with van der Waals surface area (Å²) in [7, 11) is 0. The predicted octanol–water partition coefficient (Wildman–Crippen LogP) is 3.49. The molecule has 2 aromatic heterocycles. The molecule has 0 saturated heterocycles. The highest BCUT2D eigenvalue weighted by atomic mass is 32.1. The molecule has 3 aromatic rings. The average molecular weight is 298 g/mol. The van der Waals surface area contributed by atoms with Gasteiger partial charge in [-0.2, -0.15) is 22.8 Å². The van der Waals surface area contributed by atoms with E-state index in [-0.39, 0.29) is 4.96 Å². The SMILES string of the molecule is Cc1cc(C)cc(-c2nn3c(C(F)(F)F)nnc3s2)c1. The van der Waals surface area contributed by atoms with Gasteiger partial charge >= 0.3 is 6.18 Å². The van der Waals surface area contributed by atoms with E-state index in [2.05, 4.69) is 15.3 Å². The van der Waals surface area contributed by atoms with Crippen LogP contribution in [-0.4, -0.2) is 19.8 Å². The van der Waals surface area contributed by atoms with Crippen molar-refractivity contribution in [3.05, 3.63) is 35.2 Å². The van der Waals surface area contributed by atoms with E-state index in [0.29, 0.717) is 5.01 Å². The number of rotatable bonds is 1. The highest BCUT2D eigenvalue weighted by Gasteiger charge is 2.38. The lowest BCUT2D eigenvalue weighted by molar-refractivity contribution is -0.146. The lowest BCUT2D eigenvalue weighted by atomic mass is 10.1. The third-order valence-electron chi connectivity index (χ3n) is 2.71. The second-order valence-electron chi connectivity index (χ2n) is 4.50. The minimum Gasteiger partial charge on any atom is -0.178 e. The van der Waals surface area contributed by atoms with E-state index in [1.54, 1.807) is 0 Å². The number of hydrogen-bond acceptors (Lipinski definition) is 4. The number of benzene rings is 1. The molecule has 0 fully saturated rings. The zero-order valence-corrected chi connectivity index (χ0v) is 11.4. The number of alkyl halides is 3. The number of aryl methyl sites for hydroxylation is 2. The van der Waals surface area contributed by atoms with Crippen molar-refractivity contribution in [1.82, 2.24) is 19.8 Å². The highest BCUT2D eigenvalue weighted by molar-refractivity contribution is 7.19. The van der Waals surface area contributed by atoms with Gasteiger partial charge in [0.05, 0.1) is 0 Å². The fourth-order valence-corrected chi connectivity index (χ4v) is 2.84. The van der Waals surface area contributed by atoms with Crippen LogP contribution < -0.4 is 0 Å². The molecule has 0 saturated carbocycles. The van der Waals surface area contributed by atoms with Crippen LogP contribution in [0.5, 0.6) is 0 Å². The van der Waals surface area contributed by atoms with E-state index in [0.717, 1.165) is 32.5 Å². The average Bonchev–Trinajstić information content (AvgIpc) is 2.83. The van der Waals surface area contributed by atoms with Gasteiger partial charge < -0.3 is 0 Å². The Labute approximate surface area is 115 Å². The number of nitrogens with zero attached hydrogens (tertiary/aromatic N) is 4. The number of hydrogen-bond donors (Lipinski definition) is 0. The van der Waals surface area contributed by atoms with Crippen LogP contribution in [0.15, 0.2) is 18.2 Å². The lowest BCUT2D eigenvalue weighted by Gasteiger charge is -2.02. The Morgan fingerprint density at radius 1 is 1.05 bits per heavy atom. The van der Waals surface area contributed by atoms with Crippen molar-refractivity contribution < 1.29 is 13.2 Å². The van der Waals surface area contributed by atoms with Crippen LogP contribution in [0, 0.1) is 13.8 Å². The molecule has 0 aliphatic heterocycles. The summed E-state index contributed by atoms with van der Waals surface area (Å²) in [6.45, 7) is 3.86. The molecule has 20 heavy (non-hydrogen) atoms. The number of fused-ring (bicyclic) bond motifs is 1. The van der Waals surface area contributed by atoms with Crippen molar-refractivity contribution in [3.8, 4) is 10.6 Å². The van der Waals surface area contributed by atoms with Crippen LogP contribution in [0.25, 0.3) is 15.5 Å². The summed E-state index contributed by atoms with van der Waals surface area (Å²) in [6.07, 6.45) is -4.56. The topological polar surface area (TPSA) is 43.1 Å². The van der Waals surface area contributed by atoms with Crippen LogP contribution >= 0.6 is 11.3 Å². The summed E-state index contributed by atoms with van der Waals surface area (Å²) in [6, 6.07) is 5.75. The molecule has 1 aromatic carbocycles. The summed E-state index contributed by atoms with van der Waals surface area (Å²) in [5, 5.41) is 11.1. The van der Waals surface area contributed by atoms with Crippen LogP contribution in [0.2, 0.25) is 0 Å². The minimum absolute atomic E-state index is 0.131. The smallest absolute Gasteiger partial charge is 0.178 e. The normalized spacial score (nSPS) is 12.2. The molecule has 0 spiro atoms. The summed E-state index contributed by atoms with van der Waals surface area (Å²) >= 11 is 1.08. The van der Waals surface area contributed by atoms with Gasteiger partial charge in [0.15, 0.2) is 0 Å². The standard InChI is InChI=1S/C12H9F3N4S/c1-6-3-7(2)5-8(4-6)9-18-19-10(12(13,14)15)16-17-11(19)20-9/h3-5H,1-2H3. The first-order valence-corrected chi connectivity index (χ1v) is 6.54. The van der Waals surface area contributed by atoms with Crippen molar-refractivity contribution in [3.63, 3.8) is 0 Å². The van der Waals surface area contributed by atoms with Gasteiger partial charge in [0.25, 0.3) is 5.82 Å². The summed E-state index contributed by atoms with van der Waals surface area (Å²) < 4.78 is 38.9. The molecule has 2 heterocycles. The van der Waals surface area contributed by atoms with Gasteiger partial charge in [-0.1, -0.05) is 28.5 Å². The number of aromatic nitrogens is 4. The van der Waals surface area contributed by atoms with Gasteiger partial charge in [0.1, 0.15) is 5.01 Å². The van der Waals surface area contributed by atoms with Crippen LogP contribution in [-0.2, 0) is 6.18 Å². The van der Waals surface area contributed by atoms with Gasteiger partial charge in [0, 0.05) is 5.56 Å². The second-order valence-corrected chi connectivity index (χ2v) is 5.46. The maximum absolute atomic E-state index is 12.7. The fourth-order valence-electron chi connectivity index (χ4n) is 2.01. The Bertz CT molecular complexity index is 767. The largest absolute Gasteiger partial charge is 0.453 e. The molecule has 0 atom stereocenters. The molecule has 0 radical (unpaired) electrons. The fraction of sp³-hybridized carbons (Fsp3) is 0.250. The second kappa shape index (κ2) is 4.27. The molecule has 104 valence electrons. The Morgan fingerprint density at radius 3 is 2.30 bits per heavy atom. The molecular weight excluding hydrogens is 289 g/mol. The van der Waals surface area contributed by atoms with Crippen LogP contribution in [0.1, 0.15) is 17.0 Å². The maximum atomic E-state index is 12.7. The third-order valence-corrected chi connectivity index (χ3v) is 3.66. The Kier molecular flexibility index (Phi) is 2.79. The maximum Gasteiger partial charge on any atom is 0.453 e. The van der Waals surface area contributed by atoms with Crippen LogP contribution in [0.3, 0.4) is 0 Å². The zero-order chi connectivity index (χ0) is 14.5. The highest BCUT2D eigenvalue weighted by Crippen LogP contribution is 2.32. The lowest BCUT2D eigenvalue weighted by Crippen LogP contribution is -2.11. The van der Waals surface area contributed by atoms with E-state index in [4.69, 9.17) is 0 Å². The van der Waals surface area contributed by atoms with E-state index in [1.165, 1.54) is 0 Å². The first-order chi connectivity index (χ1) is 9.34. The van der Waals surface area contributed by atoms with E-state index in [1.807, 2.05) is 32.0 Å². The quantitative estimate of drug-likeness (QED) is 0.690. The summed E-state index contributed by atoms with van der Waals surface area (Å²) in [4.78, 5) is 0.131. The van der Waals surface area contributed by atoms with Gasteiger partial charge in [-0.05, 0) is 26.0 Å². The zero-order valence-electron chi connectivity index (χ0n) is 10.6. The first kappa shape index (κ1) is 13.0. The molecule has 0 aliphatic rings. The monoisotopic (exact) mass is 298 g/mol. The molecule has 8 heteroatoms. The molecule has 0 bridgehead atoms. The molecule has 0 unspecified atom stereocenters. The van der Waals surface area contributed by atoms with Crippen molar-refractivity contribution in [2.45, 2.75) is 20.0 Å². The molecule has 3 rings (SSSR count). The molecular formula is C12H9F3N4S. The number of halogens is 3. The van der Waals surface area contributed by atoms with Crippen molar-refractivity contribution in [2.75, 3.05) is 0 Å². The first-order valence-electron chi connectivity index (χ1n) is 5.73. The summed E-state index contributed by atoms with van der Waals surface area (Å²) in [5.41, 5.74) is 2.84. The van der Waals surface area contributed by atoms with Gasteiger partial charge in [-0.3, -0.25) is 0 Å². The Morgan fingerprint density at radius 2 is 1.70 bits per heavy atom. The Hall–Kier alpha value is -1.96. The van der Waals surface area contributed by atoms with E-state index >= 15 is 0 Å². The third kappa shape index (κ3) is 2.15. The van der Waals surface area contributed by atoms with Crippen molar-refractivity contribution in [2.24, 2.45) is 0 Å². The van der Waals surface area contributed by atoms with Crippen LogP contribution in [0.4, 0.5) is 13.2 Å². The van der Waals surface area contributed by atoms with Crippen molar-refractivity contribution in [1.29, 1.82) is 0 Å². The summed E-state index contributed by atoms with van der Waals surface area (Å²) in [5.74, 6) is -1.10. The van der Waals surface area contributed by atoms with Gasteiger partial charge in [-0.15, -0.1) is 10.2 Å². The molecule has 0 amide bonds. The molecule has 4 nitrogen and oxygen atoms in total. The minimum atomic E-state index is -4.56. The van der Waals surface area contributed by atoms with E-state index < -0.39 is 12.0 Å². The Balaban J connectivity index is 2.16. The van der Waals surface area contributed by atoms with Gasteiger partial charge in [0.2, 0.25) is 4.96 Å². The molecule has 0 N–H and O–H groups in total. The van der Waals surface area contributed by atoms with Crippen molar-refractivity contribution >= 4 is 16.3 Å². The molecule has 0 aliphatic carbocycles. The van der Waals surface area contributed by atoms with Gasteiger partial charge in [-0.25, -0.2) is 0 Å².